The van der Waals surface area contributed by atoms with Gasteiger partial charge in [0.2, 0.25) is 11.8 Å². The van der Waals surface area contributed by atoms with Crippen molar-refractivity contribution >= 4 is 29.1 Å². The Kier molecular flexibility index (Phi) is 3.61. The molecule has 1 saturated heterocycles. The van der Waals surface area contributed by atoms with Gasteiger partial charge in [-0.15, -0.1) is 0 Å². The van der Waals surface area contributed by atoms with Crippen LogP contribution in [0.5, 0.6) is 0 Å². The summed E-state index contributed by atoms with van der Waals surface area (Å²) >= 11 is 0. The summed E-state index contributed by atoms with van der Waals surface area (Å²) < 4.78 is 0. The minimum Gasteiger partial charge on any atom is -0.322 e. The molecule has 2 bridgehead atoms. The number of para-hydroxylation sites is 1. The van der Waals surface area contributed by atoms with Gasteiger partial charge < -0.3 is 5.32 Å². The Morgan fingerprint density at radius 3 is 2.27 bits per heavy atom. The summed E-state index contributed by atoms with van der Waals surface area (Å²) in [5.74, 6) is 0.593. The van der Waals surface area contributed by atoms with E-state index in [1.165, 1.54) is 4.90 Å². The number of nitrogens with one attached hydrogen (secondary N) is 1. The molecule has 2 saturated carbocycles. The van der Waals surface area contributed by atoms with E-state index in [2.05, 4.69) is 17.5 Å². The first-order valence-corrected chi connectivity index (χ1v) is 10.6. The van der Waals surface area contributed by atoms with E-state index >= 15 is 0 Å². The molecule has 6 atom stereocenters. The molecule has 150 valence electrons. The van der Waals surface area contributed by atoms with Gasteiger partial charge in [0, 0.05) is 11.3 Å². The van der Waals surface area contributed by atoms with Gasteiger partial charge >= 0.3 is 0 Å². The number of hydrogen-bond acceptors (Lipinski definition) is 3. The van der Waals surface area contributed by atoms with Crippen molar-refractivity contribution < 1.29 is 14.4 Å². The zero-order valence-corrected chi connectivity index (χ0v) is 16.6. The summed E-state index contributed by atoms with van der Waals surface area (Å²) in [5.41, 5.74) is 2.63. The zero-order valence-electron chi connectivity index (χ0n) is 16.6. The van der Waals surface area contributed by atoms with E-state index in [-0.39, 0.29) is 41.4 Å². The van der Waals surface area contributed by atoms with Crippen LogP contribution in [0.25, 0.3) is 0 Å². The highest BCUT2D eigenvalue weighted by Crippen LogP contribution is 2.65. The molecule has 1 aliphatic heterocycles. The number of amides is 3. The van der Waals surface area contributed by atoms with Gasteiger partial charge in [0.25, 0.3) is 5.91 Å². The molecule has 0 aromatic heterocycles. The predicted octanol–water partition coefficient (Wildman–Crippen LogP) is 3.80. The number of anilines is 2. The number of benzene rings is 2. The lowest BCUT2D eigenvalue weighted by Gasteiger charge is -2.37. The van der Waals surface area contributed by atoms with Crippen LogP contribution >= 0.6 is 0 Å². The highest BCUT2D eigenvalue weighted by molar-refractivity contribution is 6.23. The van der Waals surface area contributed by atoms with E-state index in [1.54, 1.807) is 24.3 Å². The predicted molar refractivity (Wildman–Crippen MR) is 113 cm³/mol. The molecule has 3 fully saturated rings. The lowest BCUT2D eigenvalue weighted by atomic mass is 9.63. The number of aryl methyl sites for hydroxylation is 1. The molecule has 30 heavy (non-hydrogen) atoms. The van der Waals surface area contributed by atoms with Gasteiger partial charge in [-0.05, 0) is 66.8 Å². The first-order chi connectivity index (χ1) is 14.5. The van der Waals surface area contributed by atoms with Crippen molar-refractivity contribution in [2.24, 2.45) is 35.5 Å². The van der Waals surface area contributed by atoms with Crippen LogP contribution in [0.3, 0.4) is 0 Å². The van der Waals surface area contributed by atoms with Gasteiger partial charge in [0.05, 0.1) is 17.5 Å². The molecule has 2 aromatic carbocycles. The third kappa shape index (κ3) is 2.38. The second kappa shape index (κ2) is 6.14. The quantitative estimate of drug-likeness (QED) is 0.632. The summed E-state index contributed by atoms with van der Waals surface area (Å²) in [5, 5.41) is 2.92. The first-order valence-electron chi connectivity index (χ1n) is 10.6. The Bertz CT molecular complexity index is 1100. The smallest absolute Gasteiger partial charge is 0.255 e. The first kappa shape index (κ1) is 17.6. The molecule has 5 heteroatoms. The molecule has 1 N–H and O–H groups in total. The maximum atomic E-state index is 13.3. The fourth-order valence-electron chi connectivity index (χ4n) is 5.91. The molecule has 5 aliphatic rings. The van der Waals surface area contributed by atoms with E-state index in [9.17, 15) is 14.4 Å². The van der Waals surface area contributed by atoms with Crippen LogP contribution in [-0.2, 0) is 9.59 Å². The number of rotatable bonds is 3. The van der Waals surface area contributed by atoms with Crippen LogP contribution in [0.2, 0.25) is 0 Å². The third-order valence-electron chi connectivity index (χ3n) is 7.42. The molecule has 0 spiro atoms. The van der Waals surface area contributed by atoms with Crippen molar-refractivity contribution in [3.05, 3.63) is 71.8 Å². The van der Waals surface area contributed by atoms with Gasteiger partial charge in [-0.25, -0.2) is 4.90 Å². The summed E-state index contributed by atoms with van der Waals surface area (Å²) in [7, 11) is 0. The Hall–Kier alpha value is -3.21. The molecule has 7 rings (SSSR count). The van der Waals surface area contributed by atoms with Crippen molar-refractivity contribution in [1.29, 1.82) is 0 Å². The van der Waals surface area contributed by atoms with Crippen molar-refractivity contribution in [2.45, 2.75) is 13.3 Å². The maximum absolute atomic E-state index is 13.3. The monoisotopic (exact) mass is 398 g/mol. The van der Waals surface area contributed by atoms with Crippen LogP contribution in [0.4, 0.5) is 11.4 Å². The Balaban J connectivity index is 1.30. The van der Waals surface area contributed by atoms with E-state index < -0.39 is 0 Å². The lowest BCUT2D eigenvalue weighted by Crippen LogP contribution is -2.40. The molecule has 2 aromatic rings. The van der Waals surface area contributed by atoms with Crippen LogP contribution in [0.15, 0.2) is 60.7 Å². The van der Waals surface area contributed by atoms with E-state index in [4.69, 9.17) is 0 Å². The van der Waals surface area contributed by atoms with Gasteiger partial charge in [-0.2, -0.15) is 0 Å². The number of hydrogen-bond donors (Lipinski definition) is 1. The Morgan fingerprint density at radius 2 is 1.60 bits per heavy atom. The Labute approximate surface area is 174 Å². The van der Waals surface area contributed by atoms with Gasteiger partial charge in [-0.1, -0.05) is 36.4 Å². The summed E-state index contributed by atoms with van der Waals surface area (Å²) in [4.78, 5) is 40.7. The van der Waals surface area contributed by atoms with Crippen molar-refractivity contribution in [3.8, 4) is 0 Å². The number of allylic oxidation sites excluding steroid dienone is 2. The fraction of sp³-hybridized carbons (Fsp3) is 0.320. The van der Waals surface area contributed by atoms with Crippen molar-refractivity contribution in [3.63, 3.8) is 0 Å². The second-order valence-corrected chi connectivity index (χ2v) is 8.99. The number of carbonyl (C=O) groups excluding carboxylic acids is 3. The number of imide groups is 1. The molecule has 4 aliphatic carbocycles. The summed E-state index contributed by atoms with van der Waals surface area (Å²) in [6.45, 7) is 1.93. The molecule has 0 unspecified atom stereocenters. The minimum absolute atomic E-state index is 0.105. The number of carbonyl (C=O) groups is 3. The van der Waals surface area contributed by atoms with E-state index in [1.807, 2.05) is 31.2 Å². The average molecular weight is 398 g/mol. The zero-order chi connectivity index (χ0) is 20.6. The topological polar surface area (TPSA) is 66.5 Å². The largest absolute Gasteiger partial charge is 0.322 e. The van der Waals surface area contributed by atoms with Crippen molar-refractivity contribution in [1.82, 2.24) is 0 Å². The molecule has 1 heterocycles. The Morgan fingerprint density at radius 1 is 0.933 bits per heavy atom. The van der Waals surface area contributed by atoms with Crippen LogP contribution in [0.1, 0.15) is 22.3 Å². The van der Waals surface area contributed by atoms with Gasteiger partial charge in [0.15, 0.2) is 0 Å². The second-order valence-electron chi connectivity index (χ2n) is 8.99. The SMILES string of the molecule is Cc1ccccc1NC(=O)c1cccc(N2C(=O)[C@@H]3[C@H]4C=C[C@@H]([C@@H]5C[C@@H]45)[C@H]3C2=O)c1. The lowest BCUT2D eigenvalue weighted by molar-refractivity contribution is -0.124. The highest BCUT2D eigenvalue weighted by atomic mass is 16.2. The molecule has 3 amide bonds. The maximum Gasteiger partial charge on any atom is 0.255 e. The highest BCUT2D eigenvalue weighted by Gasteiger charge is 2.67. The van der Waals surface area contributed by atoms with Gasteiger partial charge in [-0.3, -0.25) is 14.4 Å². The molecular formula is C25H22N2O3. The summed E-state index contributed by atoms with van der Waals surface area (Å²) in [6, 6.07) is 14.4. The van der Waals surface area contributed by atoms with Crippen LogP contribution in [0, 0.1) is 42.4 Å². The third-order valence-corrected chi connectivity index (χ3v) is 7.42. The van der Waals surface area contributed by atoms with Crippen LogP contribution in [-0.4, -0.2) is 17.7 Å². The number of nitrogens with zero attached hydrogens (tertiary/aromatic N) is 1. The normalized spacial score (nSPS) is 32.8. The molecule has 0 radical (unpaired) electrons. The summed E-state index contributed by atoms with van der Waals surface area (Å²) in [6.07, 6.45) is 5.48. The van der Waals surface area contributed by atoms with Gasteiger partial charge in [0.1, 0.15) is 0 Å². The fourth-order valence-corrected chi connectivity index (χ4v) is 5.91. The van der Waals surface area contributed by atoms with E-state index in [0.29, 0.717) is 23.1 Å². The molecule has 5 nitrogen and oxygen atoms in total. The van der Waals surface area contributed by atoms with Crippen LogP contribution < -0.4 is 10.2 Å². The standard InChI is InChI=1S/C25H22N2O3/c1-13-5-2-3-8-20(13)26-23(28)14-6-4-7-15(11-14)27-24(29)21-16-9-10-17(19-12-18(16)19)22(21)25(27)30/h2-11,16-19,21-22H,12H2,1H3,(H,26,28)/t16-,17-,18-,19-,21+,22+/m0/s1. The average Bonchev–Trinajstić information content (AvgIpc) is 3.53. The van der Waals surface area contributed by atoms with Crippen molar-refractivity contribution in [2.75, 3.05) is 10.2 Å². The van der Waals surface area contributed by atoms with E-state index in [0.717, 1.165) is 17.7 Å². The minimum atomic E-state index is -0.259. The molecular weight excluding hydrogens is 376 g/mol.